The summed E-state index contributed by atoms with van der Waals surface area (Å²) < 4.78 is 33.9. The van der Waals surface area contributed by atoms with Gasteiger partial charge in [0.1, 0.15) is 0 Å². The molecule has 1 atom stereocenters. The highest BCUT2D eigenvalue weighted by Crippen LogP contribution is 2.32. The minimum atomic E-state index is -3.07. The first-order valence-electron chi connectivity index (χ1n) is 5.53. The third-order valence-electron chi connectivity index (χ3n) is 2.21. The number of ether oxygens (including phenoxy) is 2. The van der Waals surface area contributed by atoms with E-state index < -0.39 is 18.6 Å². The number of aliphatic hydroxyl groups is 1. The molecule has 0 aliphatic rings. The number of carbonyl (C=O) groups excluding carboxylic acids is 1. The molecule has 2 N–H and O–H groups in total. The van der Waals surface area contributed by atoms with Gasteiger partial charge in [-0.1, -0.05) is 6.07 Å². The standard InChI is InChI=1S/C12H15F2NO4/c1-7(16)6-15-11(17)8-4-3-5-9(18-2)10(8)19-12(13)14/h3-5,7,12,16H,6H2,1-2H3,(H,15,17). The van der Waals surface area contributed by atoms with Crippen molar-refractivity contribution in [2.45, 2.75) is 19.6 Å². The maximum absolute atomic E-state index is 12.3. The van der Waals surface area contributed by atoms with E-state index in [2.05, 4.69) is 10.1 Å². The van der Waals surface area contributed by atoms with E-state index >= 15 is 0 Å². The van der Waals surface area contributed by atoms with Crippen LogP contribution in [-0.4, -0.2) is 37.4 Å². The minimum absolute atomic E-state index is 0.00413. The third kappa shape index (κ3) is 4.36. The van der Waals surface area contributed by atoms with Gasteiger partial charge in [0.15, 0.2) is 11.5 Å². The van der Waals surface area contributed by atoms with Crippen molar-refractivity contribution in [1.29, 1.82) is 0 Å². The molecule has 0 fully saturated rings. The maximum atomic E-state index is 12.3. The first-order valence-corrected chi connectivity index (χ1v) is 5.53. The average Bonchev–Trinajstić information content (AvgIpc) is 2.35. The van der Waals surface area contributed by atoms with Gasteiger partial charge < -0.3 is 19.9 Å². The molecule has 0 radical (unpaired) electrons. The number of hydrogen-bond acceptors (Lipinski definition) is 4. The summed E-state index contributed by atoms with van der Waals surface area (Å²) in [6.07, 6.45) is -0.742. The zero-order valence-corrected chi connectivity index (χ0v) is 10.5. The molecule has 0 aliphatic heterocycles. The van der Waals surface area contributed by atoms with Crippen LogP contribution in [0.3, 0.4) is 0 Å². The second-order valence-electron chi connectivity index (χ2n) is 3.77. The lowest BCUT2D eigenvalue weighted by atomic mass is 10.1. The van der Waals surface area contributed by atoms with Gasteiger partial charge >= 0.3 is 6.61 Å². The van der Waals surface area contributed by atoms with Crippen LogP contribution in [0.5, 0.6) is 11.5 Å². The Morgan fingerprint density at radius 1 is 1.47 bits per heavy atom. The van der Waals surface area contributed by atoms with E-state index in [0.29, 0.717) is 0 Å². The number of alkyl halides is 2. The topological polar surface area (TPSA) is 67.8 Å². The number of hydrogen-bond donors (Lipinski definition) is 2. The van der Waals surface area contributed by atoms with Gasteiger partial charge in [0, 0.05) is 6.54 Å². The quantitative estimate of drug-likeness (QED) is 0.823. The number of para-hydroxylation sites is 1. The highest BCUT2D eigenvalue weighted by Gasteiger charge is 2.20. The van der Waals surface area contributed by atoms with E-state index in [4.69, 9.17) is 9.84 Å². The van der Waals surface area contributed by atoms with Crippen molar-refractivity contribution < 1.29 is 28.2 Å². The van der Waals surface area contributed by atoms with Crippen LogP contribution < -0.4 is 14.8 Å². The van der Waals surface area contributed by atoms with Crippen molar-refractivity contribution >= 4 is 5.91 Å². The number of amides is 1. The Labute approximate surface area is 109 Å². The molecular formula is C12H15F2NO4. The predicted molar refractivity (Wildman–Crippen MR) is 63.6 cm³/mol. The summed E-state index contributed by atoms with van der Waals surface area (Å²) in [7, 11) is 1.28. The van der Waals surface area contributed by atoms with Crippen molar-refractivity contribution in [3.63, 3.8) is 0 Å². The molecule has 1 rings (SSSR count). The van der Waals surface area contributed by atoms with Gasteiger partial charge in [-0.25, -0.2) is 0 Å². The first kappa shape index (κ1) is 15.2. The predicted octanol–water partition coefficient (Wildman–Crippen LogP) is 1.41. The molecule has 1 aromatic rings. The Morgan fingerprint density at radius 2 is 2.16 bits per heavy atom. The van der Waals surface area contributed by atoms with Crippen molar-refractivity contribution in [1.82, 2.24) is 5.32 Å². The normalized spacial score (nSPS) is 12.1. The lowest BCUT2D eigenvalue weighted by Crippen LogP contribution is -2.31. The molecule has 5 nitrogen and oxygen atoms in total. The molecule has 7 heteroatoms. The second-order valence-corrected chi connectivity index (χ2v) is 3.77. The van der Waals surface area contributed by atoms with Crippen LogP contribution in [0.1, 0.15) is 17.3 Å². The minimum Gasteiger partial charge on any atom is -0.493 e. The SMILES string of the molecule is COc1cccc(C(=O)NCC(C)O)c1OC(F)F. The fraction of sp³-hybridized carbons (Fsp3) is 0.417. The molecular weight excluding hydrogens is 260 g/mol. The van der Waals surface area contributed by atoms with Gasteiger partial charge in [-0.2, -0.15) is 8.78 Å². The van der Waals surface area contributed by atoms with Gasteiger partial charge in [0.05, 0.1) is 18.8 Å². The summed E-state index contributed by atoms with van der Waals surface area (Å²) in [6.45, 7) is -1.58. The Bertz CT molecular complexity index is 438. The summed E-state index contributed by atoms with van der Waals surface area (Å²) >= 11 is 0. The van der Waals surface area contributed by atoms with E-state index in [1.54, 1.807) is 0 Å². The maximum Gasteiger partial charge on any atom is 0.387 e. The summed E-state index contributed by atoms with van der Waals surface area (Å²) in [4.78, 5) is 11.8. The van der Waals surface area contributed by atoms with Crippen molar-refractivity contribution in [2.75, 3.05) is 13.7 Å². The van der Waals surface area contributed by atoms with Gasteiger partial charge in [0.25, 0.3) is 5.91 Å². The molecule has 106 valence electrons. The molecule has 1 amide bonds. The van der Waals surface area contributed by atoms with Gasteiger partial charge in [-0.15, -0.1) is 0 Å². The van der Waals surface area contributed by atoms with Crippen LogP contribution in [0.25, 0.3) is 0 Å². The number of nitrogens with one attached hydrogen (secondary N) is 1. The molecule has 0 heterocycles. The van der Waals surface area contributed by atoms with Crippen LogP contribution >= 0.6 is 0 Å². The molecule has 1 aromatic carbocycles. The van der Waals surface area contributed by atoms with Gasteiger partial charge in [-0.05, 0) is 19.1 Å². The monoisotopic (exact) mass is 275 g/mol. The molecule has 1 unspecified atom stereocenters. The zero-order valence-electron chi connectivity index (χ0n) is 10.5. The lowest BCUT2D eigenvalue weighted by Gasteiger charge is -2.14. The van der Waals surface area contributed by atoms with Crippen LogP contribution in [0.2, 0.25) is 0 Å². The molecule has 19 heavy (non-hydrogen) atoms. The second kappa shape index (κ2) is 6.89. The van der Waals surface area contributed by atoms with E-state index in [0.717, 1.165) is 0 Å². The fourth-order valence-electron chi connectivity index (χ4n) is 1.40. The Morgan fingerprint density at radius 3 is 2.68 bits per heavy atom. The number of benzene rings is 1. The van der Waals surface area contributed by atoms with Crippen molar-refractivity contribution in [3.8, 4) is 11.5 Å². The van der Waals surface area contributed by atoms with E-state index in [-0.39, 0.29) is 23.6 Å². The van der Waals surface area contributed by atoms with Crippen LogP contribution in [-0.2, 0) is 0 Å². The number of methoxy groups -OCH3 is 1. The summed E-state index contributed by atoms with van der Waals surface area (Å²) in [6, 6.07) is 4.22. The lowest BCUT2D eigenvalue weighted by molar-refractivity contribution is -0.0515. The Hall–Kier alpha value is -1.89. The van der Waals surface area contributed by atoms with E-state index in [9.17, 15) is 13.6 Å². The highest BCUT2D eigenvalue weighted by molar-refractivity contribution is 5.97. The molecule has 0 bridgehead atoms. The van der Waals surface area contributed by atoms with Crippen LogP contribution in [0, 0.1) is 0 Å². The smallest absolute Gasteiger partial charge is 0.387 e. The number of halogens is 2. The summed E-state index contributed by atoms with van der Waals surface area (Å²) in [5.41, 5.74) is -0.0831. The number of aliphatic hydroxyl groups excluding tert-OH is 1. The Balaban J connectivity index is 3.01. The Kier molecular flexibility index (Phi) is 5.50. The molecule has 0 spiro atoms. The van der Waals surface area contributed by atoms with Crippen molar-refractivity contribution in [3.05, 3.63) is 23.8 Å². The molecule has 0 saturated heterocycles. The summed E-state index contributed by atoms with van der Waals surface area (Å²) in [5.74, 6) is -0.927. The van der Waals surface area contributed by atoms with E-state index in [1.807, 2.05) is 0 Å². The zero-order chi connectivity index (χ0) is 14.4. The van der Waals surface area contributed by atoms with Crippen molar-refractivity contribution in [2.24, 2.45) is 0 Å². The largest absolute Gasteiger partial charge is 0.493 e. The molecule has 0 saturated carbocycles. The number of rotatable bonds is 6. The van der Waals surface area contributed by atoms with E-state index in [1.165, 1.54) is 32.2 Å². The molecule has 0 aliphatic carbocycles. The molecule has 0 aromatic heterocycles. The van der Waals surface area contributed by atoms with Gasteiger partial charge in [-0.3, -0.25) is 4.79 Å². The average molecular weight is 275 g/mol. The summed E-state index contributed by atoms with van der Waals surface area (Å²) in [5, 5.41) is 11.5. The first-order chi connectivity index (χ1) is 8.95. The van der Waals surface area contributed by atoms with Gasteiger partial charge in [0.2, 0.25) is 0 Å². The fourth-order valence-corrected chi connectivity index (χ4v) is 1.40. The third-order valence-corrected chi connectivity index (χ3v) is 2.21. The highest BCUT2D eigenvalue weighted by atomic mass is 19.3. The van der Waals surface area contributed by atoms with Crippen LogP contribution in [0.4, 0.5) is 8.78 Å². The van der Waals surface area contributed by atoms with Crippen LogP contribution in [0.15, 0.2) is 18.2 Å². The number of carbonyl (C=O) groups is 1.